The van der Waals surface area contributed by atoms with Gasteiger partial charge in [0.25, 0.3) is 5.69 Å². The van der Waals surface area contributed by atoms with Gasteiger partial charge >= 0.3 is 11.9 Å². The van der Waals surface area contributed by atoms with Gasteiger partial charge < -0.3 is 19.5 Å². The number of amides is 1. The molecule has 37 heavy (non-hydrogen) atoms. The molecule has 0 radical (unpaired) electrons. The minimum Gasteiger partial charge on any atom is -0.480 e. The quantitative estimate of drug-likeness (QED) is 0.293. The SMILES string of the molecule is CCOC(=O)[C@H](CCc1ccccc1)N[C@@H]1Cc2ccc([N+](=O)[O-])cc2[C@@H]2COC[C@H](C(=O)O)N2C1=O. The maximum atomic E-state index is 13.8. The highest BCUT2D eigenvalue weighted by Crippen LogP contribution is 2.36. The average Bonchev–Trinajstić information content (AvgIpc) is 3.01. The maximum Gasteiger partial charge on any atom is 0.328 e. The lowest BCUT2D eigenvalue weighted by atomic mass is 9.95. The molecule has 11 nitrogen and oxygen atoms in total. The molecule has 11 heteroatoms. The van der Waals surface area contributed by atoms with E-state index >= 15 is 0 Å². The summed E-state index contributed by atoms with van der Waals surface area (Å²) in [6, 6.07) is 10.0. The van der Waals surface area contributed by atoms with E-state index in [1.807, 2.05) is 30.3 Å². The van der Waals surface area contributed by atoms with Gasteiger partial charge in [-0.25, -0.2) is 4.79 Å². The Balaban J connectivity index is 1.68. The first-order chi connectivity index (χ1) is 17.8. The third-order valence-corrected chi connectivity index (χ3v) is 6.72. The number of esters is 1. The molecule has 4 rings (SSSR count). The van der Waals surface area contributed by atoms with Crippen molar-refractivity contribution in [2.24, 2.45) is 0 Å². The summed E-state index contributed by atoms with van der Waals surface area (Å²) in [5, 5.41) is 24.4. The number of carbonyl (C=O) groups is 3. The van der Waals surface area contributed by atoms with E-state index in [1.54, 1.807) is 13.0 Å². The third kappa shape index (κ3) is 5.78. The zero-order valence-corrected chi connectivity index (χ0v) is 20.4. The van der Waals surface area contributed by atoms with E-state index in [1.165, 1.54) is 17.0 Å². The number of carboxylic acid groups (broad SMARTS) is 1. The van der Waals surface area contributed by atoms with Crippen LogP contribution in [0.25, 0.3) is 0 Å². The van der Waals surface area contributed by atoms with Crippen LogP contribution in [0.15, 0.2) is 48.5 Å². The molecule has 2 aromatic carbocycles. The number of hydrogen-bond donors (Lipinski definition) is 2. The lowest BCUT2D eigenvalue weighted by molar-refractivity contribution is -0.385. The summed E-state index contributed by atoms with van der Waals surface area (Å²) in [6.07, 6.45) is 1.03. The highest BCUT2D eigenvalue weighted by molar-refractivity contribution is 5.89. The first-order valence-corrected chi connectivity index (χ1v) is 12.2. The fraction of sp³-hybridized carbons (Fsp3) is 0.423. The molecule has 2 aromatic rings. The monoisotopic (exact) mass is 511 g/mol. The number of nitrogens with one attached hydrogen (secondary N) is 1. The summed E-state index contributed by atoms with van der Waals surface area (Å²) in [5.41, 5.74) is 1.96. The molecule has 2 aliphatic heterocycles. The number of benzene rings is 2. The Morgan fingerprint density at radius 3 is 2.68 bits per heavy atom. The molecule has 2 N–H and O–H groups in total. The van der Waals surface area contributed by atoms with Crippen LogP contribution in [-0.2, 0) is 36.7 Å². The maximum absolute atomic E-state index is 13.8. The fourth-order valence-electron chi connectivity index (χ4n) is 4.93. The van der Waals surface area contributed by atoms with Gasteiger partial charge in [0.1, 0.15) is 6.04 Å². The zero-order chi connectivity index (χ0) is 26.5. The van der Waals surface area contributed by atoms with Crippen molar-refractivity contribution >= 4 is 23.5 Å². The molecule has 0 saturated carbocycles. The molecule has 2 heterocycles. The van der Waals surface area contributed by atoms with E-state index < -0.39 is 46.9 Å². The molecule has 1 amide bonds. The molecule has 1 fully saturated rings. The minimum absolute atomic E-state index is 0.00567. The number of aliphatic carboxylic acids is 1. The second-order valence-corrected chi connectivity index (χ2v) is 9.05. The molecule has 1 saturated heterocycles. The van der Waals surface area contributed by atoms with Crippen molar-refractivity contribution in [2.75, 3.05) is 19.8 Å². The van der Waals surface area contributed by atoms with Crippen LogP contribution >= 0.6 is 0 Å². The molecular weight excluding hydrogens is 482 g/mol. The summed E-state index contributed by atoms with van der Waals surface area (Å²) in [7, 11) is 0. The minimum atomic E-state index is -1.27. The van der Waals surface area contributed by atoms with Gasteiger partial charge in [0.2, 0.25) is 5.91 Å². The normalized spacial score (nSPS) is 21.8. The van der Waals surface area contributed by atoms with Crippen molar-refractivity contribution in [2.45, 2.75) is 50.4 Å². The lowest BCUT2D eigenvalue weighted by Crippen LogP contribution is -2.59. The van der Waals surface area contributed by atoms with E-state index in [9.17, 15) is 29.6 Å². The Morgan fingerprint density at radius 2 is 2.00 bits per heavy atom. The number of aryl methyl sites for hydroxylation is 1. The lowest BCUT2D eigenvalue weighted by Gasteiger charge is -2.40. The van der Waals surface area contributed by atoms with Gasteiger partial charge in [-0.15, -0.1) is 0 Å². The molecule has 0 bridgehead atoms. The van der Waals surface area contributed by atoms with Gasteiger partial charge in [0, 0.05) is 12.1 Å². The molecule has 0 spiro atoms. The number of ether oxygens (including phenoxy) is 2. The van der Waals surface area contributed by atoms with Crippen LogP contribution in [0, 0.1) is 10.1 Å². The topological polar surface area (TPSA) is 148 Å². The molecular formula is C26H29N3O8. The largest absolute Gasteiger partial charge is 0.480 e. The standard InChI is InChI=1S/C26H29N3O8/c1-2-37-26(33)20(11-8-16-6-4-3-5-7-16)27-21-12-17-9-10-18(29(34)35)13-19(17)22-14-36-15-23(25(31)32)28(22)24(21)30/h3-7,9-10,13,20-23,27H,2,8,11-12,14-15H2,1H3,(H,31,32)/t20-,21+,22-,23+/m0/s1. The van der Waals surface area contributed by atoms with Gasteiger partial charge in [-0.1, -0.05) is 36.4 Å². The van der Waals surface area contributed by atoms with E-state index in [0.717, 1.165) is 5.56 Å². The van der Waals surface area contributed by atoms with Crippen LogP contribution in [0.2, 0.25) is 0 Å². The summed E-state index contributed by atoms with van der Waals surface area (Å²) >= 11 is 0. The highest BCUT2D eigenvalue weighted by atomic mass is 16.6. The number of non-ortho nitro benzene ring substituents is 1. The Morgan fingerprint density at radius 1 is 1.24 bits per heavy atom. The van der Waals surface area contributed by atoms with Gasteiger partial charge in [0.15, 0.2) is 6.04 Å². The van der Waals surface area contributed by atoms with Gasteiger partial charge in [-0.2, -0.15) is 0 Å². The number of rotatable bonds is 9. The predicted octanol–water partition coefficient (Wildman–Crippen LogP) is 2.03. The molecule has 0 unspecified atom stereocenters. The van der Waals surface area contributed by atoms with Crippen LogP contribution in [0.5, 0.6) is 0 Å². The number of nitro benzene ring substituents is 1. The number of fused-ring (bicyclic) bond motifs is 3. The van der Waals surface area contributed by atoms with E-state index in [2.05, 4.69) is 5.32 Å². The summed E-state index contributed by atoms with van der Waals surface area (Å²) < 4.78 is 10.8. The summed E-state index contributed by atoms with van der Waals surface area (Å²) in [6.45, 7) is 1.66. The van der Waals surface area contributed by atoms with Crippen molar-refractivity contribution in [3.05, 3.63) is 75.3 Å². The number of nitrogens with zero attached hydrogens (tertiary/aromatic N) is 2. The number of carboxylic acids is 1. The van der Waals surface area contributed by atoms with Crippen LogP contribution < -0.4 is 5.32 Å². The van der Waals surface area contributed by atoms with Gasteiger partial charge in [-0.3, -0.25) is 25.0 Å². The van der Waals surface area contributed by atoms with Crippen molar-refractivity contribution < 1.29 is 33.9 Å². The molecule has 2 aliphatic rings. The Bertz CT molecular complexity index is 1170. The zero-order valence-electron chi connectivity index (χ0n) is 20.4. The Hall–Kier alpha value is -3.83. The molecule has 196 valence electrons. The number of hydrogen-bond acceptors (Lipinski definition) is 8. The van der Waals surface area contributed by atoms with Gasteiger partial charge in [-0.05, 0) is 42.9 Å². The van der Waals surface area contributed by atoms with E-state index in [0.29, 0.717) is 24.0 Å². The van der Waals surface area contributed by atoms with Crippen LogP contribution in [0.1, 0.15) is 36.1 Å². The average molecular weight is 512 g/mol. The second kappa shape index (κ2) is 11.5. The number of carbonyl (C=O) groups excluding carboxylic acids is 2. The third-order valence-electron chi connectivity index (χ3n) is 6.72. The Labute approximate surface area is 213 Å². The first kappa shape index (κ1) is 26.2. The van der Waals surface area contributed by atoms with E-state index in [-0.39, 0.29) is 31.9 Å². The summed E-state index contributed by atoms with van der Waals surface area (Å²) in [4.78, 5) is 50.9. The van der Waals surface area contributed by atoms with Crippen molar-refractivity contribution in [3.63, 3.8) is 0 Å². The molecule has 4 atom stereocenters. The van der Waals surface area contributed by atoms with Crippen molar-refractivity contribution in [3.8, 4) is 0 Å². The fourth-order valence-corrected chi connectivity index (χ4v) is 4.93. The van der Waals surface area contributed by atoms with Crippen molar-refractivity contribution in [1.82, 2.24) is 10.2 Å². The Kier molecular flexibility index (Phi) is 8.14. The second-order valence-electron chi connectivity index (χ2n) is 9.05. The highest BCUT2D eigenvalue weighted by Gasteiger charge is 2.46. The van der Waals surface area contributed by atoms with Crippen LogP contribution in [-0.4, -0.2) is 70.7 Å². The number of nitro groups is 1. The van der Waals surface area contributed by atoms with E-state index in [4.69, 9.17) is 9.47 Å². The molecule has 0 aliphatic carbocycles. The number of morpholine rings is 1. The first-order valence-electron chi connectivity index (χ1n) is 12.2. The van der Waals surface area contributed by atoms with Crippen LogP contribution in [0.4, 0.5) is 5.69 Å². The van der Waals surface area contributed by atoms with Gasteiger partial charge in [0.05, 0.1) is 36.8 Å². The predicted molar refractivity (Wildman–Crippen MR) is 131 cm³/mol. The van der Waals surface area contributed by atoms with Crippen molar-refractivity contribution in [1.29, 1.82) is 0 Å². The van der Waals surface area contributed by atoms with Crippen LogP contribution in [0.3, 0.4) is 0 Å². The smallest absolute Gasteiger partial charge is 0.328 e. The molecule has 0 aromatic heterocycles. The summed E-state index contributed by atoms with van der Waals surface area (Å²) in [5.74, 6) is -2.25.